The van der Waals surface area contributed by atoms with Crippen LogP contribution in [-0.2, 0) is 0 Å². The lowest BCUT2D eigenvalue weighted by Crippen LogP contribution is -2.54. The maximum atomic E-state index is 5.63. The Bertz CT molecular complexity index is 585. The second-order valence-corrected chi connectivity index (χ2v) is 6.27. The average Bonchev–Trinajstić information content (AvgIpc) is 2.61. The summed E-state index contributed by atoms with van der Waals surface area (Å²) >= 11 is 0. The lowest BCUT2D eigenvalue weighted by atomic mass is 10.2. The molecule has 0 radical (unpaired) electrons. The standard InChI is InChI=1S/C18H31N5O2.HI/c1-6-25-17-11-14(7-8-16(17)24-5)21-18(19-2)20-12-15-13-22(3)9-10-23(15)4;/h7-8,11,15H,6,9-10,12-13H2,1-5H3,(H2,19,20,21);1H. The van der Waals surface area contributed by atoms with Crippen molar-refractivity contribution in [1.29, 1.82) is 0 Å². The molecule has 1 aliphatic rings. The van der Waals surface area contributed by atoms with E-state index >= 15 is 0 Å². The summed E-state index contributed by atoms with van der Waals surface area (Å²) < 4.78 is 11.0. The minimum atomic E-state index is 0. The molecule has 8 heteroatoms. The number of nitrogens with zero attached hydrogens (tertiary/aromatic N) is 3. The first kappa shape index (κ1) is 22.8. The molecule has 148 valence electrons. The number of guanidine groups is 1. The number of ether oxygens (including phenoxy) is 2. The van der Waals surface area contributed by atoms with Crippen LogP contribution in [0.1, 0.15) is 6.92 Å². The van der Waals surface area contributed by atoms with Gasteiger partial charge in [-0.3, -0.25) is 9.89 Å². The van der Waals surface area contributed by atoms with E-state index in [9.17, 15) is 0 Å². The van der Waals surface area contributed by atoms with Crippen LogP contribution in [0, 0.1) is 0 Å². The average molecular weight is 477 g/mol. The van der Waals surface area contributed by atoms with Crippen molar-refractivity contribution >= 4 is 35.6 Å². The molecule has 1 unspecified atom stereocenters. The Kier molecular flexibility index (Phi) is 10.0. The zero-order valence-corrected chi connectivity index (χ0v) is 18.7. The number of hydrogen-bond acceptors (Lipinski definition) is 5. The van der Waals surface area contributed by atoms with E-state index in [1.54, 1.807) is 14.2 Å². The smallest absolute Gasteiger partial charge is 0.195 e. The fourth-order valence-corrected chi connectivity index (χ4v) is 2.87. The van der Waals surface area contributed by atoms with Crippen LogP contribution in [0.5, 0.6) is 11.5 Å². The summed E-state index contributed by atoms with van der Waals surface area (Å²) in [5.41, 5.74) is 0.909. The van der Waals surface area contributed by atoms with E-state index in [4.69, 9.17) is 9.47 Å². The highest BCUT2D eigenvalue weighted by Crippen LogP contribution is 2.30. The van der Waals surface area contributed by atoms with Crippen LogP contribution < -0.4 is 20.1 Å². The Morgan fingerprint density at radius 3 is 2.69 bits per heavy atom. The van der Waals surface area contributed by atoms with Gasteiger partial charge in [-0.15, -0.1) is 24.0 Å². The quantitative estimate of drug-likeness (QED) is 0.371. The number of aliphatic imine (C=N–C) groups is 1. The van der Waals surface area contributed by atoms with Gasteiger partial charge in [-0.2, -0.15) is 0 Å². The molecule has 0 bridgehead atoms. The van der Waals surface area contributed by atoms with Crippen molar-refractivity contribution in [2.75, 3.05) is 66.4 Å². The Balaban J connectivity index is 0.00000338. The highest BCUT2D eigenvalue weighted by Gasteiger charge is 2.22. The monoisotopic (exact) mass is 477 g/mol. The third-order valence-corrected chi connectivity index (χ3v) is 4.44. The number of halogens is 1. The van der Waals surface area contributed by atoms with Gasteiger partial charge in [0.25, 0.3) is 0 Å². The Labute approximate surface area is 174 Å². The number of piperazine rings is 1. The molecule has 1 aromatic carbocycles. The second-order valence-electron chi connectivity index (χ2n) is 6.27. The van der Waals surface area contributed by atoms with Gasteiger partial charge in [-0.25, -0.2) is 0 Å². The first-order valence-corrected chi connectivity index (χ1v) is 8.74. The molecule has 1 atom stereocenters. The number of anilines is 1. The van der Waals surface area contributed by atoms with Gasteiger partial charge < -0.3 is 25.0 Å². The molecule has 0 amide bonds. The van der Waals surface area contributed by atoms with Crippen molar-refractivity contribution in [2.24, 2.45) is 4.99 Å². The van der Waals surface area contributed by atoms with Crippen LogP contribution in [0.2, 0.25) is 0 Å². The summed E-state index contributed by atoms with van der Waals surface area (Å²) in [5.74, 6) is 2.19. The van der Waals surface area contributed by atoms with E-state index in [0.29, 0.717) is 12.6 Å². The summed E-state index contributed by atoms with van der Waals surface area (Å²) in [7, 11) is 7.76. The van der Waals surface area contributed by atoms with Gasteiger partial charge in [0.15, 0.2) is 17.5 Å². The third kappa shape index (κ3) is 6.48. The largest absolute Gasteiger partial charge is 0.493 e. The Hall–Kier alpha value is -1.26. The molecule has 0 aliphatic carbocycles. The number of hydrogen-bond donors (Lipinski definition) is 2. The first-order valence-electron chi connectivity index (χ1n) is 8.74. The van der Waals surface area contributed by atoms with E-state index in [2.05, 4.69) is 39.5 Å². The zero-order chi connectivity index (χ0) is 18.2. The molecular weight excluding hydrogens is 445 g/mol. The topological polar surface area (TPSA) is 61.4 Å². The second kappa shape index (κ2) is 11.5. The number of methoxy groups -OCH3 is 1. The molecule has 7 nitrogen and oxygen atoms in total. The molecule has 1 fully saturated rings. The van der Waals surface area contributed by atoms with Crippen LogP contribution in [0.25, 0.3) is 0 Å². The van der Waals surface area contributed by atoms with E-state index < -0.39 is 0 Å². The van der Waals surface area contributed by atoms with Crippen molar-refractivity contribution in [3.05, 3.63) is 18.2 Å². The van der Waals surface area contributed by atoms with Crippen LogP contribution in [0.4, 0.5) is 5.69 Å². The summed E-state index contributed by atoms with van der Waals surface area (Å²) in [6.45, 7) is 6.65. The van der Waals surface area contributed by atoms with Crippen LogP contribution >= 0.6 is 24.0 Å². The minimum absolute atomic E-state index is 0. The van der Waals surface area contributed by atoms with Gasteiger partial charge in [0.05, 0.1) is 13.7 Å². The molecule has 26 heavy (non-hydrogen) atoms. The highest BCUT2D eigenvalue weighted by molar-refractivity contribution is 14.0. The molecule has 1 heterocycles. The van der Waals surface area contributed by atoms with Gasteiger partial charge in [0.2, 0.25) is 0 Å². The lowest BCUT2D eigenvalue weighted by molar-refractivity contribution is 0.116. The minimum Gasteiger partial charge on any atom is -0.493 e. The molecule has 1 aliphatic heterocycles. The number of nitrogens with one attached hydrogen (secondary N) is 2. The van der Waals surface area contributed by atoms with Gasteiger partial charge in [0, 0.05) is 51.0 Å². The molecular formula is C18H32IN5O2. The Morgan fingerprint density at radius 2 is 2.04 bits per heavy atom. The highest BCUT2D eigenvalue weighted by atomic mass is 127. The lowest BCUT2D eigenvalue weighted by Gasteiger charge is -2.37. The molecule has 0 saturated carbocycles. The number of rotatable bonds is 6. The Morgan fingerprint density at radius 1 is 1.27 bits per heavy atom. The van der Waals surface area contributed by atoms with Crippen molar-refractivity contribution in [2.45, 2.75) is 13.0 Å². The van der Waals surface area contributed by atoms with Crippen molar-refractivity contribution in [3.63, 3.8) is 0 Å². The van der Waals surface area contributed by atoms with E-state index in [-0.39, 0.29) is 24.0 Å². The van der Waals surface area contributed by atoms with Gasteiger partial charge in [-0.1, -0.05) is 0 Å². The fourth-order valence-electron chi connectivity index (χ4n) is 2.87. The maximum absolute atomic E-state index is 5.63. The summed E-state index contributed by atoms with van der Waals surface area (Å²) in [6.07, 6.45) is 0. The SMILES string of the molecule is CCOc1cc(NC(=NC)NCC2CN(C)CCN2C)ccc1OC.I. The van der Waals surface area contributed by atoms with Crippen molar-refractivity contribution < 1.29 is 9.47 Å². The molecule has 1 saturated heterocycles. The predicted octanol–water partition coefficient (Wildman–Crippen LogP) is 1.94. The summed E-state index contributed by atoms with van der Waals surface area (Å²) in [5, 5.41) is 6.73. The fraction of sp³-hybridized carbons (Fsp3) is 0.611. The summed E-state index contributed by atoms with van der Waals surface area (Å²) in [6, 6.07) is 6.24. The van der Waals surface area contributed by atoms with Crippen molar-refractivity contribution in [3.8, 4) is 11.5 Å². The van der Waals surface area contributed by atoms with Crippen LogP contribution in [0.15, 0.2) is 23.2 Å². The van der Waals surface area contributed by atoms with Crippen LogP contribution in [-0.4, -0.2) is 82.8 Å². The van der Waals surface area contributed by atoms with Crippen molar-refractivity contribution in [1.82, 2.24) is 15.1 Å². The maximum Gasteiger partial charge on any atom is 0.195 e. The zero-order valence-electron chi connectivity index (χ0n) is 16.4. The molecule has 1 aromatic rings. The van der Waals surface area contributed by atoms with E-state index in [0.717, 1.165) is 49.3 Å². The van der Waals surface area contributed by atoms with E-state index in [1.165, 1.54) is 0 Å². The molecule has 0 aromatic heterocycles. The number of benzene rings is 1. The first-order chi connectivity index (χ1) is 12.1. The predicted molar refractivity (Wildman–Crippen MR) is 118 cm³/mol. The van der Waals surface area contributed by atoms with Crippen LogP contribution in [0.3, 0.4) is 0 Å². The molecule has 2 N–H and O–H groups in total. The van der Waals surface area contributed by atoms with Gasteiger partial charge in [-0.05, 0) is 33.2 Å². The normalized spacial score (nSPS) is 18.8. The number of likely N-dealkylation sites (N-methyl/N-ethyl adjacent to an activating group) is 2. The summed E-state index contributed by atoms with van der Waals surface area (Å²) in [4.78, 5) is 9.07. The van der Waals surface area contributed by atoms with Gasteiger partial charge in [0.1, 0.15) is 0 Å². The third-order valence-electron chi connectivity index (χ3n) is 4.44. The van der Waals surface area contributed by atoms with Gasteiger partial charge >= 0.3 is 0 Å². The molecule has 2 rings (SSSR count). The van der Waals surface area contributed by atoms with E-state index in [1.807, 2.05) is 25.1 Å². The molecule has 0 spiro atoms.